The molecule has 2 fully saturated rings. The van der Waals surface area contributed by atoms with Crippen LogP contribution in [-0.2, 0) is 0 Å². The summed E-state index contributed by atoms with van der Waals surface area (Å²) in [5, 5.41) is 7.98. The lowest BCUT2D eigenvalue weighted by Gasteiger charge is -2.36. The van der Waals surface area contributed by atoms with Crippen molar-refractivity contribution in [2.24, 2.45) is 17.8 Å². The monoisotopic (exact) mass is 180 g/mol. The number of hydrogen-bond donors (Lipinski definition) is 1. The fourth-order valence-electron chi connectivity index (χ4n) is 2.10. The van der Waals surface area contributed by atoms with Crippen molar-refractivity contribution in [2.45, 2.75) is 33.1 Å². The zero-order valence-electron chi connectivity index (χ0n) is 8.71. The molecule has 1 aliphatic heterocycles. The zero-order chi connectivity index (χ0) is 9.42. The smallest absolute Gasteiger partial charge is 0.0989 e. The summed E-state index contributed by atoms with van der Waals surface area (Å²) in [6.07, 6.45) is 3.80. The van der Waals surface area contributed by atoms with Crippen LogP contribution in [0.2, 0.25) is 0 Å². The first kappa shape index (κ1) is 9.04. The van der Waals surface area contributed by atoms with Crippen molar-refractivity contribution in [1.82, 2.24) is 4.90 Å². The molecule has 2 heteroatoms. The van der Waals surface area contributed by atoms with Gasteiger partial charge in [0.1, 0.15) is 0 Å². The zero-order valence-corrected chi connectivity index (χ0v) is 8.71. The molecule has 0 aromatic carbocycles. The van der Waals surface area contributed by atoms with Crippen LogP contribution in [0.15, 0.2) is 0 Å². The maximum atomic E-state index is 7.98. The van der Waals surface area contributed by atoms with Crippen LogP contribution in [-0.4, -0.2) is 23.8 Å². The van der Waals surface area contributed by atoms with Crippen molar-refractivity contribution in [1.29, 1.82) is 5.41 Å². The Bertz CT molecular complexity index is 208. The van der Waals surface area contributed by atoms with Crippen LogP contribution >= 0.6 is 0 Å². The van der Waals surface area contributed by atoms with E-state index in [9.17, 15) is 0 Å². The molecule has 2 atom stereocenters. The van der Waals surface area contributed by atoms with Gasteiger partial charge in [0.15, 0.2) is 0 Å². The summed E-state index contributed by atoms with van der Waals surface area (Å²) in [4.78, 5) is 2.31. The molecule has 13 heavy (non-hydrogen) atoms. The maximum absolute atomic E-state index is 7.98. The number of nitrogens with zero attached hydrogens (tertiary/aromatic N) is 1. The van der Waals surface area contributed by atoms with Crippen LogP contribution in [0.1, 0.15) is 33.1 Å². The molecular formula is C11H20N2. The van der Waals surface area contributed by atoms with E-state index in [4.69, 9.17) is 5.41 Å². The second-order valence-corrected chi connectivity index (χ2v) is 4.85. The highest BCUT2D eigenvalue weighted by atomic mass is 15.2. The van der Waals surface area contributed by atoms with Gasteiger partial charge in [-0.3, -0.25) is 5.41 Å². The molecule has 1 N–H and O–H groups in total. The van der Waals surface area contributed by atoms with Crippen molar-refractivity contribution in [2.75, 3.05) is 13.1 Å². The summed E-state index contributed by atoms with van der Waals surface area (Å²) < 4.78 is 0. The van der Waals surface area contributed by atoms with Crippen LogP contribution in [0, 0.1) is 23.2 Å². The third-order valence-electron chi connectivity index (χ3n) is 3.64. The molecule has 2 nitrogen and oxygen atoms in total. The summed E-state index contributed by atoms with van der Waals surface area (Å²) >= 11 is 0. The predicted octanol–water partition coefficient (Wildman–Crippen LogP) is 2.35. The SMILES string of the molecule is CC1CCN(C(=N)C2CC2)CC1C. The van der Waals surface area contributed by atoms with E-state index in [0.717, 1.165) is 30.8 Å². The standard InChI is InChI=1S/C11H20N2/c1-8-5-6-13(7-9(8)2)11(12)10-3-4-10/h8-10,12H,3-7H2,1-2H3. The van der Waals surface area contributed by atoms with Gasteiger partial charge in [-0.1, -0.05) is 13.8 Å². The molecule has 1 saturated heterocycles. The minimum atomic E-state index is 0.626. The maximum Gasteiger partial charge on any atom is 0.0989 e. The molecule has 0 aromatic rings. The number of nitrogens with one attached hydrogen (secondary N) is 1. The van der Waals surface area contributed by atoms with E-state index in [1.165, 1.54) is 19.3 Å². The largest absolute Gasteiger partial charge is 0.360 e. The Morgan fingerprint density at radius 2 is 1.85 bits per heavy atom. The first-order chi connectivity index (χ1) is 6.18. The Balaban J connectivity index is 1.90. The molecule has 1 aliphatic carbocycles. The average Bonchev–Trinajstić information content (AvgIpc) is 2.91. The number of likely N-dealkylation sites (tertiary alicyclic amines) is 1. The summed E-state index contributed by atoms with van der Waals surface area (Å²) in [7, 11) is 0. The normalized spacial score (nSPS) is 34.8. The van der Waals surface area contributed by atoms with Crippen LogP contribution in [0.5, 0.6) is 0 Å². The number of rotatable bonds is 1. The second kappa shape index (κ2) is 3.32. The van der Waals surface area contributed by atoms with Crippen LogP contribution in [0.3, 0.4) is 0 Å². The van der Waals surface area contributed by atoms with Gasteiger partial charge in [-0.2, -0.15) is 0 Å². The Morgan fingerprint density at radius 3 is 2.38 bits per heavy atom. The molecule has 1 heterocycles. The molecule has 2 rings (SSSR count). The number of amidine groups is 1. The Hall–Kier alpha value is -0.530. The fourth-order valence-corrected chi connectivity index (χ4v) is 2.10. The molecule has 0 bridgehead atoms. The van der Waals surface area contributed by atoms with Gasteiger partial charge in [0.05, 0.1) is 5.84 Å². The molecular weight excluding hydrogens is 160 g/mol. The third kappa shape index (κ3) is 1.87. The van der Waals surface area contributed by atoms with Gasteiger partial charge >= 0.3 is 0 Å². The molecule has 2 aliphatic rings. The number of piperidine rings is 1. The Morgan fingerprint density at radius 1 is 1.15 bits per heavy atom. The molecule has 0 spiro atoms. The summed E-state index contributed by atoms with van der Waals surface area (Å²) in [5.41, 5.74) is 0. The fraction of sp³-hybridized carbons (Fsp3) is 0.909. The molecule has 1 saturated carbocycles. The van der Waals surface area contributed by atoms with E-state index in [0.29, 0.717) is 5.92 Å². The molecule has 0 radical (unpaired) electrons. The van der Waals surface area contributed by atoms with E-state index >= 15 is 0 Å². The van der Waals surface area contributed by atoms with Crippen LogP contribution < -0.4 is 0 Å². The van der Waals surface area contributed by atoms with E-state index in [1.54, 1.807) is 0 Å². The lowest BCUT2D eigenvalue weighted by atomic mass is 9.88. The quantitative estimate of drug-likeness (QED) is 0.486. The van der Waals surface area contributed by atoms with Crippen molar-refractivity contribution in [3.8, 4) is 0 Å². The average molecular weight is 180 g/mol. The second-order valence-electron chi connectivity index (χ2n) is 4.85. The van der Waals surface area contributed by atoms with Crippen molar-refractivity contribution in [3.63, 3.8) is 0 Å². The molecule has 0 amide bonds. The lowest BCUT2D eigenvalue weighted by molar-refractivity contribution is 0.200. The molecule has 0 aromatic heterocycles. The first-order valence-electron chi connectivity index (χ1n) is 5.52. The van der Waals surface area contributed by atoms with Gasteiger partial charge < -0.3 is 4.90 Å². The lowest BCUT2D eigenvalue weighted by Crippen LogP contribution is -2.42. The van der Waals surface area contributed by atoms with Crippen LogP contribution in [0.4, 0.5) is 0 Å². The Kier molecular flexibility index (Phi) is 2.31. The highest BCUT2D eigenvalue weighted by Crippen LogP contribution is 2.33. The highest BCUT2D eigenvalue weighted by Gasteiger charge is 2.33. The molecule has 2 unspecified atom stereocenters. The van der Waals surface area contributed by atoms with Gasteiger partial charge in [-0.15, -0.1) is 0 Å². The highest BCUT2D eigenvalue weighted by molar-refractivity contribution is 5.83. The van der Waals surface area contributed by atoms with Crippen LogP contribution in [0.25, 0.3) is 0 Å². The van der Waals surface area contributed by atoms with Gasteiger partial charge in [-0.25, -0.2) is 0 Å². The first-order valence-corrected chi connectivity index (χ1v) is 5.52. The minimum Gasteiger partial charge on any atom is -0.360 e. The Labute approximate surface area is 80.8 Å². The van der Waals surface area contributed by atoms with Gasteiger partial charge in [0, 0.05) is 19.0 Å². The summed E-state index contributed by atoms with van der Waals surface area (Å²) in [5.74, 6) is 3.18. The number of hydrogen-bond acceptors (Lipinski definition) is 1. The minimum absolute atomic E-state index is 0.626. The topological polar surface area (TPSA) is 27.1 Å². The third-order valence-corrected chi connectivity index (χ3v) is 3.64. The summed E-state index contributed by atoms with van der Waals surface area (Å²) in [6.45, 7) is 6.90. The van der Waals surface area contributed by atoms with Crippen molar-refractivity contribution >= 4 is 5.84 Å². The van der Waals surface area contributed by atoms with Crippen molar-refractivity contribution < 1.29 is 0 Å². The van der Waals surface area contributed by atoms with Gasteiger partial charge in [-0.05, 0) is 31.1 Å². The molecule has 74 valence electrons. The predicted molar refractivity (Wildman–Crippen MR) is 55.0 cm³/mol. The van der Waals surface area contributed by atoms with E-state index in [1.807, 2.05) is 0 Å². The van der Waals surface area contributed by atoms with Crippen molar-refractivity contribution in [3.05, 3.63) is 0 Å². The van der Waals surface area contributed by atoms with E-state index in [2.05, 4.69) is 18.7 Å². The van der Waals surface area contributed by atoms with E-state index < -0.39 is 0 Å². The summed E-state index contributed by atoms with van der Waals surface area (Å²) in [6, 6.07) is 0. The van der Waals surface area contributed by atoms with E-state index in [-0.39, 0.29) is 0 Å². The van der Waals surface area contributed by atoms with Gasteiger partial charge in [0.25, 0.3) is 0 Å². The van der Waals surface area contributed by atoms with Gasteiger partial charge in [0.2, 0.25) is 0 Å².